The first kappa shape index (κ1) is 12.3. The highest BCUT2D eigenvalue weighted by Gasteiger charge is 2.30. The van der Waals surface area contributed by atoms with E-state index < -0.39 is 0 Å². The highest BCUT2D eigenvalue weighted by molar-refractivity contribution is 5.92. The molecule has 1 fully saturated rings. The third kappa shape index (κ3) is 2.83. The number of amides is 1. The van der Waals surface area contributed by atoms with Crippen molar-refractivity contribution in [3.05, 3.63) is 12.2 Å². The summed E-state index contributed by atoms with van der Waals surface area (Å²) < 4.78 is 0. The first-order valence-electron chi connectivity index (χ1n) is 6.06. The van der Waals surface area contributed by atoms with Crippen LogP contribution in [0.2, 0.25) is 0 Å². The summed E-state index contributed by atoms with van der Waals surface area (Å²) in [6, 6.07) is 0.462. The van der Waals surface area contributed by atoms with Gasteiger partial charge in [0.25, 0.3) is 0 Å². The second kappa shape index (κ2) is 5.34. The summed E-state index contributed by atoms with van der Waals surface area (Å²) in [5.41, 5.74) is 0.664. The first-order chi connectivity index (χ1) is 7.10. The summed E-state index contributed by atoms with van der Waals surface area (Å²) in [7, 11) is 0. The molecule has 1 aliphatic carbocycles. The molecule has 86 valence electrons. The summed E-state index contributed by atoms with van der Waals surface area (Å²) in [6.07, 6.45) is 4.88. The predicted molar refractivity (Wildman–Crippen MR) is 63.6 cm³/mol. The van der Waals surface area contributed by atoms with Crippen LogP contribution in [-0.2, 0) is 4.79 Å². The van der Waals surface area contributed by atoms with E-state index in [1.165, 1.54) is 25.7 Å². The van der Waals surface area contributed by atoms with Crippen LogP contribution in [0.1, 0.15) is 46.5 Å². The molecule has 1 rings (SSSR count). The fourth-order valence-electron chi connectivity index (χ4n) is 2.52. The fraction of sp³-hybridized carbons (Fsp3) is 0.769. The number of carbonyl (C=O) groups excluding carboxylic acids is 1. The number of nitrogens with zero attached hydrogens (tertiary/aromatic N) is 1. The Hall–Kier alpha value is -0.790. The van der Waals surface area contributed by atoms with Crippen molar-refractivity contribution < 1.29 is 4.79 Å². The Bertz CT molecular complexity index is 247. The summed E-state index contributed by atoms with van der Waals surface area (Å²) in [6.45, 7) is 10.7. The van der Waals surface area contributed by atoms with E-state index in [1.54, 1.807) is 6.92 Å². The Labute approximate surface area is 93.3 Å². The van der Waals surface area contributed by atoms with Gasteiger partial charge in [-0.25, -0.2) is 0 Å². The molecule has 2 heteroatoms. The van der Waals surface area contributed by atoms with Crippen LogP contribution in [0.15, 0.2) is 12.2 Å². The quantitative estimate of drug-likeness (QED) is 0.652. The van der Waals surface area contributed by atoms with E-state index in [0.717, 1.165) is 12.5 Å². The van der Waals surface area contributed by atoms with Gasteiger partial charge in [-0.1, -0.05) is 19.9 Å². The lowest BCUT2D eigenvalue weighted by Crippen LogP contribution is -2.39. The van der Waals surface area contributed by atoms with Gasteiger partial charge in [0.15, 0.2) is 0 Å². The summed E-state index contributed by atoms with van der Waals surface area (Å²) in [5, 5.41) is 0. The fourth-order valence-corrected chi connectivity index (χ4v) is 2.52. The average molecular weight is 209 g/mol. The van der Waals surface area contributed by atoms with Gasteiger partial charge in [-0.2, -0.15) is 0 Å². The highest BCUT2D eigenvalue weighted by Crippen LogP contribution is 2.31. The van der Waals surface area contributed by atoms with Crippen molar-refractivity contribution >= 4 is 5.91 Å². The van der Waals surface area contributed by atoms with E-state index in [0.29, 0.717) is 11.6 Å². The zero-order valence-corrected chi connectivity index (χ0v) is 10.3. The van der Waals surface area contributed by atoms with E-state index in [4.69, 9.17) is 0 Å². The highest BCUT2D eigenvalue weighted by atomic mass is 16.2. The molecule has 1 saturated carbocycles. The molecule has 0 saturated heterocycles. The van der Waals surface area contributed by atoms with Crippen molar-refractivity contribution in [2.45, 2.75) is 52.5 Å². The van der Waals surface area contributed by atoms with Crippen molar-refractivity contribution in [2.75, 3.05) is 6.54 Å². The van der Waals surface area contributed by atoms with Gasteiger partial charge in [-0.3, -0.25) is 4.79 Å². The minimum absolute atomic E-state index is 0.138. The molecule has 0 spiro atoms. The monoisotopic (exact) mass is 209 g/mol. The molecule has 2 unspecified atom stereocenters. The van der Waals surface area contributed by atoms with Gasteiger partial charge in [0, 0.05) is 18.2 Å². The van der Waals surface area contributed by atoms with Gasteiger partial charge in [0.2, 0.25) is 5.91 Å². The number of carbonyl (C=O) groups is 1. The lowest BCUT2D eigenvalue weighted by atomic mass is 10.0. The van der Waals surface area contributed by atoms with E-state index in [9.17, 15) is 4.79 Å². The Balaban J connectivity index is 2.60. The lowest BCUT2D eigenvalue weighted by Gasteiger charge is -2.28. The minimum Gasteiger partial charge on any atom is -0.336 e. The number of hydrogen-bond donors (Lipinski definition) is 0. The normalized spacial score (nSPS) is 25.3. The maximum Gasteiger partial charge on any atom is 0.249 e. The van der Waals surface area contributed by atoms with Crippen LogP contribution in [0.25, 0.3) is 0 Å². The van der Waals surface area contributed by atoms with E-state index in [-0.39, 0.29) is 5.91 Å². The molecule has 15 heavy (non-hydrogen) atoms. The zero-order valence-electron chi connectivity index (χ0n) is 10.3. The van der Waals surface area contributed by atoms with Crippen LogP contribution in [0.5, 0.6) is 0 Å². The second-order valence-electron chi connectivity index (χ2n) is 4.61. The molecule has 0 bridgehead atoms. The predicted octanol–water partition coefficient (Wildman–Crippen LogP) is 2.99. The molecular formula is C13H23NO. The van der Waals surface area contributed by atoms with Crippen LogP contribution in [0.4, 0.5) is 0 Å². The average Bonchev–Trinajstić information content (AvgIpc) is 2.67. The number of hydrogen-bond acceptors (Lipinski definition) is 1. The summed E-state index contributed by atoms with van der Waals surface area (Å²) in [4.78, 5) is 13.9. The van der Waals surface area contributed by atoms with Crippen LogP contribution in [0.3, 0.4) is 0 Å². The molecule has 0 aromatic carbocycles. The first-order valence-corrected chi connectivity index (χ1v) is 6.06. The SMILES string of the molecule is C=C(C)C(=O)N(CC)C1CCC(CC)C1. The molecule has 0 aromatic rings. The second-order valence-corrected chi connectivity index (χ2v) is 4.61. The van der Waals surface area contributed by atoms with Gasteiger partial charge in [0.05, 0.1) is 0 Å². The van der Waals surface area contributed by atoms with Crippen LogP contribution in [0, 0.1) is 5.92 Å². The molecule has 0 aliphatic heterocycles. The van der Waals surface area contributed by atoms with Gasteiger partial charge < -0.3 is 4.90 Å². The molecule has 2 atom stereocenters. The van der Waals surface area contributed by atoms with Crippen LogP contribution < -0.4 is 0 Å². The maximum absolute atomic E-state index is 11.9. The Kier molecular flexibility index (Phi) is 4.37. The topological polar surface area (TPSA) is 20.3 Å². The number of rotatable bonds is 4. The molecule has 2 nitrogen and oxygen atoms in total. The van der Waals surface area contributed by atoms with E-state index in [1.807, 2.05) is 4.90 Å². The Morgan fingerprint density at radius 2 is 2.07 bits per heavy atom. The van der Waals surface area contributed by atoms with Gasteiger partial charge in [0.1, 0.15) is 0 Å². The van der Waals surface area contributed by atoms with E-state index >= 15 is 0 Å². The molecule has 1 amide bonds. The summed E-state index contributed by atoms with van der Waals surface area (Å²) in [5.74, 6) is 0.959. The van der Waals surface area contributed by atoms with Crippen molar-refractivity contribution in [2.24, 2.45) is 5.92 Å². The van der Waals surface area contributed by atoms with Crippen molar-refractivity contribution in [1.29, 1.82) is 0 Å². The Morgan fingerprint density at radius 3 is 2.47 bits per heavy atom. The minimum atomic E-state index is 0.138. The molecule has 0 radical (unpaired) electrons. The Morgan fingerprint density at radius 1 is 1.40 bits per heavy atom. The van der Waals surface area contributed by atoms with E-state index in [2.05, 4.69) is 20.4 Å². The molecule has 0 N–H and O–H groups in total. The number of likely N-dealkylation sites (N-methyl/N-ethyl adjacent to an activating group) is 1. The molecule has 1 aliphatic rings. The molecule has 0 aromatic heterocycles. The van der Waals surface area contributed by atoms with Crippen molar-refractivity contribution in [1.82, 2.24) is 4.90 Å². The molecular weight excluding hydrogens is 186 g/mol. The van der Waals surface area contributed by atoms with Gasteiger partial charge in [-0.05, 0) is 39.0 Å². The molecule has 0 heterocycles. The zero-order chi connectivity index (χ0) is 11.4. The van der Waals surface area contributed by atoms with Gasteiger partial charge >= 0.3 is 0 Å². The van der Waals surface area contributed by atoms with Crippen LogP contribution in [-0.4, -0.2) is 23.4 Å². The van der Waals surface area contributed by atoms with Crippen LogP contribution >= 0.6 is 0 Å². The summed E-state index contributed by atoms with van der Waals surface area (Å²) >= 11 is 0. The third-order valence-electron chi connectivity index (χ3n) is 3.50. The van der Waals surface area contributed by atoms with Gasteiger partial charge in [-0.15, -0.1) is 0 Å². The van der Waals surface area contributed by atoms with Crippen molar-refractivity contribution in [3.63, 3.8) is 0 Å². The van der Waals surface area contributed by atoms with Crippen molar-refractivity contribution in [3.8, 4) is 0 Å². The maximum atomic E-state index is 11.9. The largest absolute Gasteiger partial charge is 0.336 e. The lowest BCUT2D eigenvalue weighted by molar-refractivity contribution is -0.129. The smallest absolute Gasteiger partial charge is 0.249 e. The standard InChI is InChI=1S/C13H23NO/c1-5-11-7-8-12(9-11)14(6-2)13(15)10(3)4/h11-12H,3,5-9H2,1-2,4H3. The third-order valence-corrected chi connectivity index (χ3v) is 3.50.